The minimum absolute atomic E-state index is 0. The van der Waals surface area contributed by atoms with Crippen LogP contribution < -0.4 is 0 Å². The standard InChI is InChI=1S/C14H16N2O.H2/c1-3-9(2)13-10-7-17-8-11(10)14(16-13)12-5-4-6-15-12;/h3,16H,1-2,4-8H2;1H. The van der Waals surface area contributed by atoms with E-state index >= 15 is 0 Å². The van der Waals surface area contributed by atoms with Gasteiger partial charge < -0.3 is 9.72 Å². The van der Waals surface area contributed by atoms with Gasteiger partial charge in [-0.3, -0.25) is 4.99 Å². The molecule has 2 aliphatic heterocycles. The maximum absolute atomic E-state index is 5.54. The number of hydrogen-bond donors (Lipinski definition) is 1. The third-order valence-electron chi connectivity index (χ3n) is 3.44. The van der Waals surface area contributed by atoms with E-state index in [0.29, 0.717) is 13.2 Å². The largest absolute Gasteiger partial charge is 0.372 e. The molecule has 0 aromatic carbocycles. The highest BCUT2D eigenvalue weighted by Gasteiger charge is 2.26. The van der Waals surface area contributed by atoms with Crippen LogP contribution in [0, 0.1) is 0 Å². The summed E-state index contributed by atoms with van der Waals surface area (Å²) in [7, 11) is 0. The van der Waals surface area contributed by atoms with Crippen LogP contribution in [-0.2, 0) is 18.0 Å². The highest BCUT2D eigenvalue weighted by Crippen LogP contribution is 2.32. The number of allylic oxidation sites excluding steroid dienone is 2. The Hall–Kier alpha value is -1.61. The average molecular weight is 230 g/mol. The van der Waals surface area contributed by atoms with Gasteiger partial charge in [-0.2, -0.15) is 0 Å². The SMILES string of the molecule is C=CC(=C)c1[nH]c(C2=NCCC2)c2c1COC2.[HH]. The van der Waals surface area contributed by atoms with Crippen molar-refractivity contribution < 1.29 is 6.16 Å². The highest BCUT2D eigenvalue weighted by molar-refractivity contribution is 6.02. The number of H-pyrrole nitrogens is 1. The lowest BCUT2D eigenvalue weighted by atomic mass is 10.1. The normalized spacial score (nSPS) is 18.0. The molecule has 1 aromatic heterocycles. The summed E-state index contributed by atoms with van der Waals surface area (Å²) in [6.07, 6.45) is 4.00. The van der Waals surface area contributed by atoms with Crippen LogP contribution in [0.4, 0.5) is 0 Å². The first-order valence-electron chi connectivity index (χ1n) is 5.98. The fourth-order valence-corrected chi connectivity index (χ4v) is 2.52. The van der Waals surface area contributed by atoms with Crippen LogP contribution in [0.5, 0.6) is 0 Å². The molecule has 0 aliphatic carbocycles. The second kappa shape index (κ2) is 4.00. The second-order valence-corrected chi connectivity index (χ2v) is 4.49. The molecule has 90 valence electrons. The van der Waals surface area contributed by atoms with Crippen LogP contribution >= 0.6 is 0 Å². The van der Waals surface area contributed by atoms with Crippen molar-refractivity contribution in [2.24, 2.45) is 4.99 Å². The van der Waals surface area contributed by atoms with Gasteiger partial charge in [0.25, 0.3) is 0 Å². The van der Waals surface area contributed by atoms with Crippen LogP contribution in [-0.4, -0.2) is 17.2 Å². The van der Waals surface area contributed by atoms with Gasteiger partial charge in [-0.1, -0.05) is 19.2 Å². The molecule has 0 amide bonds. The lowest BCUT2D eigenvalue weighted by molar-refractivity contribution is 0.133. The summed E-state index contributed by atoms with van der Waals surface area (Å²) in [5, 5.41) is 0. The number of nitrogens with one attached hydrogen (secondary N) is 1. The summed E-state index contributed by atoms with van der Waals surface area (Å²) < 4.78 is 5.54. The lowest BCUT2D eigenvalue weighted by Gasteiger charge is -2.02. The van der Waals surface area contributed by atoms with E-state index in [9.17, 15) is 0 Å². The van der Waals surface area contributed by atoms with E-state index in [1.165, 1.54) is 16.8 Å². The topological polar surface area (TPSA) is 37.4 Å². The van der Waals surface area contributed by atoms with Crippen molar-refractivity contribution in [3.63, 3.8) is 0 Å². The fraction of sp³-hybridized carbons (Fsp3) is 0.357. The van der Waals surface area contributed by atoms with E-state index in [0.717, 1.165) is 36.3 Å². The van der Waals surface area contributed by atoms with E-state index in [1.54, 1.807) is 6.08 Å². The Morgan fingerprint density at radius 2 is 2.24 bits per heavy atom. The Morgan fingerprint density at radius 1 is 1.41 bits per heavy atom. The molecule has 1 aromatic rings. The van der Waals surface area contributed by atoms with Crippen LogP contribution in [0.15, 0.2) is 24.2 Å². The monoisotopic (exact) mass is 230 g/mol. The molecule has 2 aliphatic rings. The molecule has 0 fully saturated rings. The average Bonchev–Trinajstić information content (AvgIpc) is 3.03. The molecular formula is C14H18N2O. The first-order chi connectivity index (χ1) is 8.31. The van der Waals surface area contributed by atoms with Crippen molar-refractivity contribution in [2.45, 2.75) is 26.1 Å². The van der Waals surface area contributed by atoms with Gasteiger partial charge in [0, 0.05) is 19.1 Å². The van der Waals surface area contributed by atoms with Crippen LogP contribution in [0.25, 0.3) is 5.57 Å². The van der Waals surface area contributed by atoms with Crippen molar-refractivity contribution in [3.05, 3.63) is 41.7 Å². The van der Waals surface area contributed by atoms with E-state index in [1.807, 2.05) is 0 Å². The van der Waals surface area contributed by atoms with Gasteiger partial charge in [0.15, 0.2) is 0 Å². The third kappa shape index (κ3) is 1.58. The maximum atomic E-state index is 5.54. The van der Waals surface area contributed by atoms with Crippen molar-refractivity contribution >= 4 is 11.3 Å². The molecule has 0 saturated carbocycles. The zero-order chi connectivity index (χ0) is 11.8. The van der Waals surface area contributed by atoms with E-state index in [-0.39, 0.29) is 1.43 Å². The maximum Gasteiger partial charge on any atom is 0.0746 e. The van der Waals surface area contributed by atoms with E-state index in [4.69, 9.17) is 4.74 Å². The first kappa shape index (κ1) is 10.5. The van der Waals surface area contributed by atoms with E-state index < -0.39 is 0 Å². The molecule has 3 heterocycles. The molecule has 0 saturated heterocycles. The summed E-state index contributed by atoms with van der Waals surface area (Å²) in [6, 6.07) is 0. The number of nitrogens with zero attached hydrogens (tertiary/aromatic N) is 1. The Kier molecular flexibility index (Phi) is 2.48. The van der Waals surface area contributed by atoms with Gasteiger partial charge in [-0.15, -0.1) is 0 Å². The summed E-state index contributed by atoms with van der Waals surface area (Å²) in [5.41, 5.74) is 6.85. The van der Waals surface area contributed by atoms with Gasteiger partial charge in [0.2, 0.25) is 0 Å². The predicted octanol–water partition coefficient (Wildman–Crippen LogP) is 3.07. The summed E-state index contributed by atoms with van der Waals surface area (Å²) in [6.45, 7) is 10.1. The molecule has 1 N–H and O–H groups in total. The number of fused-ring (bicyclic) bond motifs is 1. The minimum Gasteiger partial charge on any atom is -0.372 e. The third-order valence-corrected chi connectivity index (χ3v) is 3.44. The lowest BCUT2D eigenvalue weighted by Crippen LogP contribution is -2.01. The number of ether oxygens (including phenoxy) is 1. The Labute approximate surface area is 102 Å². The molecular weight excluding hydrogens is 212 g/mol. The predicted molar refractivity (Wildman–Crippen MR) is 71.3 cm³/mol. The molecule has 17 heavy (non-hydrogen) atoms. The Bertz CT molecular complexity index is 528. The van der Waals surface area contributed by atoms with E-state index in [2.05, 4.69) is 23.1 Å². The Morgan fingerprint density at radius 3 is 2.94 bits per heavy atom. The van der Waals surface area contributed by atoms with Crippen LogP contribution in [0.2, 0.25) is 0 Å². The molecule has 3 nitrogen and oxygen atoms in total. The Balaban J connectivity index is 0.00000120. The van der Waals surface area contributed by atoms with Gasteiger partial charge in [-0.25, -0.2) is 0 Å². The second-order valence-electron chi connectivity index (χ2n) is 4.49. The highest BCUT2D eigenvalue weighted by atomic mass is 16.5. The van der Waals surface area contributed by atoms with Crippen molar-refractivity contribution in [1.82, 2.24) is 4.98 Å². The summed E-state index contributed by atoms with van der Waals surface area (Å²) in [4.78, 5) is 8.02. The molecule has 0 unspecified atom stereocenters. The smallest absolute Gasteiger partial charge is 0.0746 e. The molecule has 0 bridgehead atoms. The zero-order valence-corrected chi connectivity index (χ0v) is 9.88. The number of aliphatic imine (C=N–C) groups is 1. The zero-order valence-electron chi connectivity index (χ0n) is 9.88. The summed E-state index contributed by atoms with van der Waals surface area (Å²) >= 11 is 0. The molecule has 3 heteroatoms. The van der Waals surface area contributed by atoms with Crippen LogP contribution in [0.1, 0.15) is 36.8 Å². The molecule has 0 atom stereocenters. The number of aromatic nitrogens is 1. The van der Waals surface area contributed by atoms with Gasteiger partial charge in [0.1, 0.15) is 0 Å². The minimum atomic E-state index is 0. The molecule has 0 spiro atoms. The number of aromatic amines is 1. The van der Waals surface area contributed by atoms with Crippen molar-refractivity contribution in [1.29, 1.82) is 0 Å². The molecule has 3 rings (SSSR count). The van der Waals surface area contributed by atoms with Crippen molar-refractivity contribution in [2.75, 3.05) is 6.54 Å². The van der Waals surface area contributed by atoms with Gasteiger partial charge in [0.05, 0.1) is 30.3 Å². The summed E-state index contributed by atoms with van der Waals surface area (Å²) in [5.74, 6) is 0. The van der Waals surface area contributed by atoms with Gasteiger partial charge in [-0.05, 0) is 18.4 Å². The van der Waals surface area contributed by atoms with Crippen molar-refractivity contribution in [3.8, 4) is 0 Å². The van der Waals surface area contributed by atoms with Gasteiger partial charge >= 0.3 is 0 Å². The van der Waals surface area contributed by atoms with Crippen LogP contribution in [0.3, 0.4) is 0 Å². The number of hydrogen-bond acceptors (Lipinski definition) is 2. The molecule has 0 radical (unpaired) electrons. The quantitative estimate of drug-likeness (QED) is 0.796. The number of rotatable bonds is 3. The first-order valence-corrected chi connectivity index (χ1v) is 5.98. The fourth-order valence-electron chi connectivity index (χ4n) is 2.52.